The Bertz CT molecular complexity index is 1180. The van der Waals surface area contributed by atoms with Gasteiger partial charge in [0.25, 0.3) is 5.91 Å². The maximum absolute atomic E-state index is 12.9. The molecule has 188 valence electrons. The summed E-state index contributed by atoms with van der Waals surface area (Å²) >= 11 is 1.63. The van der Waals surface area contributed by atoms with Crippen molar-refractivity contribution in [2.45, 2.75) is 56.6 Å². The fourth-order valence-electron chi connectivity index (χ4n) is 5.51. The lowest BCUT2D eigenvalue weighted by atomic mass is 9.88. The summed E-state index contributed by atoms with van der Waals surface area (Å²) in [5.74, 6) is 0.550. The highest BCUT2D eigenvalue weighted by Crippen LogP contribution is 2.37. The van der Waals surface area contributed by atoms with Crippen LogP contribution in [0.3, 0.4) is 0 Å². The summed E-state index contributed by atoms with van der Waals surface area (Å²) < 4.78 is 15.0. The van der Waals surface area contributed by atoms with Crippen LogP contribution in [0.1, 0.15) is 60.4 Å². The van der Waals surface area contributed by atoms with Gasteiger partial charge in [0, 0.05) is 37.3 Å². The van der Waals surface area contributed by atoms with Crippen LogP contribution in [-0.4, -0.2) is 62.0 Å². The van der Waals surface area contributed by atoms with Gasteiger partial charge in [0.2, 0.25) is 0 Å². The molecule has 2 aliphatic rings. The number of amides is 1. The SMILES string of the molecule is NC(=O)c1cc(-c2ccsc2)cc2c(C3CCN(S(=O)CCNC4CCC(O)CC4)CC3)c[nH]c12. The van der Waals surface area contributed by atoms with E-state index in [0.717, 1.165) is 80.2 Å². The predicted octanol–water partition coefficient (Wildman–Crippen LogP) is 3.73. The van der Waals surface area contributed by atoms with Crippen LogP contribution < -0.4 is 11.1 Å². The molecule has 5 rings (SSSR count). The Morgan fingerprint density at radius 1 is 1.17 bits per heavy atom. The van der Waals surface area contributed by atoms with Gasteiger partial charge in [-0.15, -0.1) is 0 Å². The number of nitrogens with zero attached hydrogens (tertiary/aromatic N) is 1. The molecule has 2 fully saturated rings. The number of aliphatic hydroxyl groups is 1. The molecule has 1 amide bonds. The Balaban J connectivity index is 1.22. The third-order valence-corrected chi connectivity index (χ3v) is 9.71. The third kappa shape index (κ3) is 5.54. The zero-order valence-corrected chi connectivity index (χ0v) is 21.5. The lowest BCUT2D eigenvalue weighted by Crippen LogP contribution is -2.40. The van der Waals surface area contributed by atoms with Crippen molar-refractivity contribution in [1.82, 2.24) is 14.6 Å². The van der Waals surface area contributed by atoms with Crippen molar-refractivity contribution >= 4 is 39.1 Å². The van der Waals surface area contributed by atoms with E-state index in [1.165, 1.54) is 5.56 Å². The van der Waals surface area contributed by atoms with Gasteiger partial charge in [-0.1, -0.05) is 0 Å². The Morgan fingerprint density at radius 2 is 1.94 bits per heavy atom. The number of hydrogen-bond donors (Lipinski definition) is 4. The topological polar surface area (TPSA) is 111 Å². The van der Waals surface area contributed by atoms with Gasteiger partial charge in [0.15, 0.2) is 0 Å². The molecule has 1 unspecified atom stereocenters. The van der Waals surface area contributed by atoms with Crippen molar-refractivity contribution in [1.29, 1.82) is 0 Å². The van der Waals surface area contributed by atoms with Crippen LogP contribution in [0.5, 0.6) is 0 Å². The number of thiophene rings is 1. The number of hydrogen-bond acceptors (Lipinski definition) is 5. The monoisotopic (exact) mass is 514 g/mol. The van der Waals surface area contributed by atoms with Gasteiger partial charge >= 0.3 is 0 Å². The van der Waals surface area contributed by atoms with Crippen molar-refractivity contribution in [3.8, 4) is 11.1 Å². The van der Waals surface area contributed by atoms with Crippen LogP contribution in [0.2, 0.25) is 0 Å². The average molecular weight is 515 g/mol. The van der Waals surface area contributed by atoms with Crippen molar-refractivity contribution in [3.63, 3.8) is 0 Å². The van der Waals surface area contributed by atoms with Crippen LogP contribution in [0.25, 0.3) is 22.0 Å². The molecule has 1 saturated heterocycles. The first-order valence-electron chi connectivity index (χ1n) is 12.5. The van der Waals surface area contributed by atoms with Crippen molar-refractivity contribution in [3.05, 3.63) is 46.3 Å². The van der Waals surface area contributed by atoms with Crippen LogP contribution in [0, 0.1) is 0 Å². The number of benzene rings is 1. The predicted molar refractivity (Wildman–Crippen MR) is 143 cm³/mol. The molecule has 1 aliphatic heterocycles. The molecule has 1 atom stereocenters. The Kier molecular flexibility index (Phi) is 7.69. The van der Waals surface area contributed by atoms with Crippen LogP contribution >= 0.6 is 11.3 Å². The molecule has 1 aliphatic carbocycles. The number of primary amides is 1. The lowest BCUT2D eigenvalue weighted by molar-refractivity contribution is 0.100. The normalized spacial score (nSPS) is 23.0. The van der Waals surface area contributed by atoms with Gasteiger partial charge in [-0.25, -0.2) is 8.51 Å². The minimum atomic E-state index is -0.987. The maximum atomic E-state index is 12.9. The fourth-order valence-corrected chi connectivity index (χ4v) is 7.34. The number of aromatic nitrogens is 1. The van der Waals surface area contributed by atoms with Gasteiger partial charge in [-0.3, -0.25) is 4.79 Å². The van der Waals surface area contributed by atoms with Gasteiger partial charge in [-0.2, -0.15) is 11.3 Å². The largest absolute Gasteiger partial charge is 0.393 e. The Labute approximate surface area is 212 Å². The van der Waals surface area contributed by atoms with Crippen LogP contribution in [0.4, 0.5) is 0 Å². The third-order valence-electron chi connectivity index (χ3n) is 7.53. The summed E-state index contributed by atoms with van der Waals surface area (Å²) in [6.07, 6.45) is 7.45. The van der Waals surface area contributed by atoms with Gasteiger partial charge in [0.1, 0.15) is 0 Å². The second kappa shape index (κ2) is 10.9. The van der Waals surface area contributed by atoms with E-state index in [0.29, 0.717) is 23.3 Å². The second-order valence-corrected chi connectivity index (χ2v) is 12.1. The van der Waals surface area contributed by atoms with E-state index in [9.17, 15) is 14.1 Å². The van der Waals surface area contributed by atoms with E-state index >= 15 is 0 Å². The molecule has 35 heavy (non-hydrogen) atoms. The minimum Gasteiger partial charge on any atom is -0.393 e. The van der Waals surface area contributed by atoms with Crippen molar-refractivity contribution in [2.24, 2.45) is 5.73 Å². The summed E-state index contributed by atoms with van der Waals surface area (Å²) in [5, 5.41) is 18.3. The number of carbonyl (C=O) groups excluding carboxylic acids is 1. The summed E-state index contributed by atoms with van der Waals surface area (Å²) in [5.41, 5.74) is 10.4. The zero-order valence-electron chi connectivity index (χ0n) is 19.9. The molecule has 0 spiro atoms. The first kappa shape index (κ1) is 24.6. The van der Waals surface area contributed by atoms with Gasteiger partial charge in [-0.05, 0) is 90.1 Å². The highest BCUT2D eigenvalue weighted by atomic mass is 32.2. The number of H-pyrrole nitrogens is 1. The highest BCUT2D eigenvalue weighted by molar-refractivity contribution is 7.82. The number of carbonyl (C=O) groups is 1. The van der Waals surface area contributed by atoms with Crippen LogP contribution in [-0.2, 0) is 11.0 Å². The fraction of sp³-hybridized carbons (Fsp3) is 0.500. The average Bonchev–Trinajstić information content (AvgIpc) is 3.55. The molecule has 2 aromatic heterocycles. The van der Waals surface area contributed by atoms with E-state index < -0.39 is 16.9 Å². The smallest absolute Gasteiger partial charge is 0.250 e. The first-order chi connectivity index (χ1) is 17.0. The van der Waals surface area contributed by atoms with Crippen LogP contribution in [0.15, 0.2) is 35.2 Å². The van der Waals surface area contributed by atoms with E-state index in [-0.39, 0.29) is 6.10 Å². The van der Waals surface area contributed by atoms with Crippen molar-refractivity contribution in [2.75, 3.05) is 25.4 Å². The molecule has 0 radical (unpaired) electrons. The summed E-state index contributed by atoms with van der Waals surface area (Å²) in [7, 11) is -0.987. The molecule has 1 saturated carbocycles. The number of fused-ring (bicyclic) bond motifs is 1. The standard InChI is InChI=1S/C26H34N4O3S2/c27-26(32)23-14-19(18-7-11-34-16-18)13-22-24(15-29-25(22)23)17-5-9-30(10-6-17)35(33)12-8-28-20-1-3-21(31)4-2-20/h7,11,13-17,20-21,28-29,31H,1-6,8-10,12H2,(H2,27,32). The highest BCUT2D eigenvalue weighted by Gasteiger charge is 2.27. The number of nitrogens with one attached hydrogen (secondary N) is 2. The zero-order chi connectivity index (χ0) is 24.4. The summed E-state index contributed by atoms with van der Waals surface area (Å²) in [4.78, 5) is 15.5. The van der Waals surface area contributed by atoms with Gasteiger partial charge in [0.05, 0.1) is 33.9 Å². The van der Waals surface area contributed by atoms with E-state index in [1.807, 2.05) is 17.6 Å². The number of rotatable bonds is 8. The number of aliphatic hydroxyl groups excluding tert-OH is 1. The molecule has 3 aromatic rings. The number of piperidine rings is 1. The van der Waals surface area contributed by atoms with Crippen molar-refractivity contribution < 1.29 is 14.1 Å². The second-order valence-electron chi connectivity index (χ2n) is 9.76. The molecule has 0 bridgehead atoms. The van der Waals surface area contributed by atoms with E-state index in [2.05, 4.69) is 32.1 Å². The maximum Gasteiger partial charge on any atom is 0.250 e. The number of nitrogens with two attached hydrogens (primary N) is 1. The molecule has 3 heterocycles. The summed E-state index contributed by atoms with van der Waals surface area (Å²) in [6.45, 7) is 2.34. The first-order valence-corrected chi connectivity index (χ1v) is 14.7. The van der Waals surface area contributed by atoms with Gasteiger partial charge < -0.3 is 21.1 Å². The molecular formula is C26H34N4O3S2. The Hall–Kier alpha value is -2.04. The molecular weight excluding hydrogens is 480 g/mol. The molecule has 5 N–H and O–H groups in total. The molecule has 7 nitrogen and oxygen atoms in total. The summed E-state index contributed by atoms with van der Waals surface area (Å²) in [6, 6.07) is 6.54. The quantitative estimate of drug-likeness (QED) is 0.367. The van der Waals surface area contributed by atoms with E-state index in [1.54, 1.807) is 11.3 Å². The van der Waals surface area contributed by atoms with E-state index in [4.69, 9.17) is 5.73 Å². The lowest BCUT2D eigenvalue weighted by Gasteiger charge is -2.31. The molecule has 1 aromatic carbocycles. The number of aromatic amines is 1. The minimum absolute atomic E-state index is 0.148. The Morgan fingerprint density at radius 3 is 2.63 bits per heavy atom. The molecule has 9 heteroatoms.